The summed E-state index contributed by atoms with van der Waals surface area (Å²) in [6, 6.07) is 15.2. The molecule has 0 saturated heterocycles. The van der Waals surface area contributed by atoms with Crippen LogP contribution in [-0.4, -0.2) is 23.4 Å². The standard InChI is InChI=1S/C30H34O4S/c1-5-7-9-15-25(27-17-11-13-19-29(27)33-23(3)31)21-35-22-26(16-10-8-6-2)28-18-12-14-20-30(28)34-24(4)32/h11-14,17-20,25-26H,5-8,21-22H2,1-4H3. The lowest BCUT2D eigenvalue weighted by Gasteiger charge is -2.18. The van der Waals surface area contributed by atoms with Gasteiger partial charge in [0, 0.05) is 49.3 Å². The van der Waals surface area contributed by atoms with Gasteiger partial charge >= 0.3 is 11.9 Å². The van der Waals surface area contributed by atoms with Crippen LogP contribution in [-0.2, 0) is 9.59 Å². The Kier molecular flexibility index (Phi) is 12.6. The van der Waals surface area contributed by atoms with Gasteiger partial charge in [-0.15, -0.1) is 11.8 Å². The van der Waals surface area contributed by atoms with Crippen molar-refractivity contribution in [2.24, 2.45) is 0 Å². The average Bonchev–Trinajstić information content (AvgIpc) is 2.82. The Labute approximate surface area is 214 Å². The molecule has 0 fully saturated rings. The molecule has 0 saturated carbocycles. The Balaban J connectivity index is 2.28. The van der Waals surface area contributed by atoms with E-state index < -0.39 is 0 Å². The van der Waals surface area contributed by atoms with Gasteiger partial charge in [-0.2, -0.15) is 11.8 Å². The second kappa shape index (κ2) is 15.7. The van der Waals surface area contributed by atoms with Crippen molar-refractivity contribution in [3.8, 4) is 35.2 Å². The monoisotopic (exact) mass is 490 g/mol. The quantitative estimate of drug-likeness (QED) is 0.210. The summed E-state index contributed by atoms with van der Waals surface area (Å²) < 4.78 is 10.9. The molecule has 0 heterocycles. The molecule has 2 unspecified atom stereocenters. The molecule has 0 aromatic heterocycles. The summed E-state index contributed by atoms with van der Waals surface area (Å²) in [6.07, 6.45) is 3.61. The Morgan fingerprint density at radius 2 is 1.14 bits per heavy atom. The lowest BCUT2D eigenvalue weighted by molar-refractivity contribution is -0.132. The minimum Gasteiger partial charge on any atom is -0.426 e. The first kappa shape index (κ1) is 28.1. The SMILES string of the molecule is CCCC#CC(CSCC(C#CCCC)c1ccccc1OC(C)=O)c1ccccc1OC(C)=O. The first-order valence-electron chi connectivity index (χ1n) is 12.0. The molecule has 0 aliphatic heterocycles. The summed E-state index contributed by atoms with van der Waals surface area (Å²) in [6.45, 7) is 7.02. The van der Waals surface area contributed by atoms with Gasteiger partial charge in [-0.05, 0) is 25.0 Å². The average molecular weight is 491 g/mol. The van der Waals surface area contributed by atoms with Gasteiger partial charge < -0.3 is 9.47 Å². The van der Waals surface area contributed by atoms with Gasteiger partial charge in [-0.3, -0.25) is 9.59 Å². The summed E-state index contributed by atoms with van der Waals surface area (Å²) in [7, 11) is 0. The van der Waals surface area contributed by atoms with Crippen LogP contribution in [0.3, 0.4) is 0 Å². The largest absolute Gasteiger partial charge is 0.426 e. The predicted octanol–water partition coefficient (Wildman–Crippen LogP) is 6.74. The first-order chi connectivity index (χ1) is 17.0. The van der Waals surface area contributed by atoms with Crippen LogP contribution in [0.4, 0.5) is 0 Å². The van der Waals surface area contributed by atoms with Gasteiger partial charge in [0.05, 0.1) is 11.8 Å². The fourth-order valence-corrected chi connectivity index (χ4v) is 4.53. The zero-order chi connectivity index (χ0) is 25.5. The molecule has 2 aromatic carbocycles. The van der Waals surface area contributed by atoms with Crippen LogP contribution < -0.4 is 9.47 Å². The minimum absolute atomic E-state index is 0.0879. The number of unbranched alkanes of at least 4 members (excludes halogenated alkanes) is 2. The van der Waals surface area contributed by atoms with Crippen LogP contribution in [0.1, 0.15) is 76.3 Å². The summed E-state index contributed by atoms with van der Waals surface area (Å²) in [4.78, 5) is 23.3. The second-order valence-electron chi connectivity index (χ2n) is 8.05. The number of hydrogen-bond acceptors (Lipinski definition) is 5. The molecule has 2 rings (SSSR count). The van der Waals surface area contributed by atoms with E-state index in [0.29, 0.717) is 11.5 Å². The van der Waals surface area contributed by atoms with E-state index in [2.05, 4.69) is 37.5 Å². The van der Waals surface area contributed by atoms with Gasteiger partial charge in [0.15, 0.2) is 0 Å². The van der Waals surface area contributed by atoms with Crippen LogP contribution in [0.5, 0.6) is 11.5 Å². The van der Waals surface area contributed by atoms with E-state index in [-0.39, 0.29) is 23.8 Å². The molecule has 0 aliphatic carbocycles. The number of carbonyl (C=O) groups is 2. The van der Waals surface area contributed by atoms with Gasteiger partial charge in [0.2, 0.25) is 0 Å². The molecule has 5 heteroatoms. The third kappa shape index (κ3) is 9.93. The van der Waals surface area contributed by atoms with E-state index in [9.17, 15) is 9.59 Å². The van der Waals surface area contributed by atoms with E-state index in [1.807, 2.05) is 48.5 Å². The summed E-state index contributed by atoms with van der Waals surface area (Å²) in [5.41, 5.74) is 1.82. The van der Waals surface area contributed by atoms with Crippen LogP contribution >= 0.6 is 11.8 Å². The van der Waals surface area contributed by atoms with E-state index in [4.69, 9.17) is 9.47 Å². The third-order valence-electron chi connectivity index (χ3n) is 4.97. The van der Waals surface area contributed by atoms with Crippen LogP contribution in [0.25, 0.3) is 0 Å². The molecule has 0 amide bonds. The van der Waals surface area contributed by atoms with Gasteiger partial charge in [0.1, 0.15) is 11.5 Å². The molecule has 0 radical (unpaired) electrons. The Morgan fingerprint density at radius 1 is 0.743 bits per heavy atom. The van der Waals surface area contributed by atoms with Crippen molar-refractivity contribution in [3.63, 3.8) is 0 Å². The van der Waals surface area contributed by atoms with Crippen LogP contribution in [0.15, 0.2) is 48.5 Å². The minimum atomic E-state index is -0.348. The van der Waals surface area contributed by atoms with E-state index in [1.54, 1.807) is 11.8 Å². The zero-order valence-electron chi connectivity index (χ0n) is 21.1. The first-order valence-corrected chi connectivity index (χ1v) is 13.2. The number of para-hydroxylation sites is 2. The molecule has 2 atom stereocenters. The second-order valence-corrected chi connectivity index (χ2v) is 9.12. The summed E-state index contributed by atoms with van der Waals surface area (Å²) in [5.74, 6) is 15.0. The topological polar surface area (TPSA) is 52.6 Å². The normalized spacial score (nSPS) is 11.8. The summed E-state index contributed by atoms with van der Waals surface area (Å²) >= 11 is 1.74. The molecule has 2 aromatic rings. The van der Waals surface area contributed by atoms with E-state index in [0.717, 1.165) is 48.3 Å². The number of rotatable bonds is 10. The Hall–Kier alpha value is -3.15. The maximum atomic E-state index is 11.6. The maximum absolute atomic E-state index is 11.6. The Bertz CT molecular complexity index is 1010. The van der Waals surface area contributed by atoms with Crippen molar-refractivity contribution in [1.82, 2.24) is 0 Å². The lowest BCUT2D eigenvalue weighted by Crippen LogP contribution is -2.10. The lowest BCUT2D eigenvalue weighted by atomic mass is 10.00. The molecule has 0 N–H and O–H groups in total. The van der Waals surface area contributed by atoms with Crippen molar-refractivity contribution >= 4 is 23.7 Å². The molecule has 0 bridgehead atoms. The summed E-state index contributed by atoms with van der Waals surface area (Å²) in [5, 5.41) is 0. The highest BCUT2D eigenvalue weighted by Gasteiger charge is 2.19. The molecular weight excluding hydrogens is 456 g/mol. The van der Waals surface area contributed by atoms with Crippen molar-refractivity contribution in [1.29, 1.82) is 0 Å². The van der Waals surface area contributed by atoms with Crippen molar-refractivity contribution in [3.05, 3.63) is 59.7 Å². The fourth-order valence-electron chi connectivity index (χ4n) is 3.40. The molecular formula is C30H34O4S. The van der Waals surface area contributed by atoms with Gasteiger partial charge in [-0.1, -0.05) is 62.1 Å². The molecule has 4 nitrogen and oxygen atoms in total. The number of thioether (sulfide) groups is 1. The van der Waals surface area contributed by atoms with Crippen LogP contribution in [0, 0.1) is 23.7 Å². The molecule has 0 spiro atoms. The number of hydrogen-bond donors (Lipinski definition) is 0. The van der Waals surface area contributed by atoms with Gasteiger partial charge in [-0.25, -0.2) is 0 Å². The molecule has 184 valence electrons. The van der Waals surface area contributed by atoms with Crippen molar-refractivity contribution in [2.45, 2.75) is 65.2 Å². The fraction of sp³-hybridized carbons (Fsp3) is 0.400. The number of esters is 2. The maximum Gasteiger partial charge on any atom is 0.308 e. The van der Waals surface area contributed by atoms with Crippen LogP contribution in [0.2, 0.25) is 0 Å². The van der Waals surface area contributed by atoms with E-state index >= 15 is 0 Å². The van der Waals surface area contributed by atoms with E-state index in [1.165, 1.54) is 13.8 Å². The zero-order valence-corrected chi connectivity index (χ0v) is 21.9. The number of benzene rings is 2. The van der Waals surface area contributed by atoms with Crippen molar-refractivity contribution in [2.75, 3.05) is 11.5 Å². The highest BCUT2D eigenvalue weighted by atomic mass is 32.2. The highest BCUT2D eigenvalue weighted by molar-refractivity contribution is 7.99. The number of ether oxygens (including phenoxy) is 2. The predicted molar refractivity (Wildman–Crippen MR) is 144 cm³/mol. The highest BCUT2D eigenvalue weighted by Crippen LogP contribution is 2.33. The smallest absolute Gasteiger partial charge is 0.308 e. The van der Waals surface area contributed by atoms with Gasteiger partial charge in [0.25, 0.3) is 0 Å². The number of carbonyl (C=O) groups excluding carboxylic acids is 2. The molecule has 35 heavy (non-hydrogen) atoms. The third-order valence-corrected chi connectivity index (χ3v) is 6.11. The Morgan fingerprint density at radius 3 is 1.51 bits per heavy atom. The molecule has 0 aliphatic rings. The van der Waals surface area contributed by atoms with Crippen molar-refractivity contribution < 1.29 is 19.1 Å².